The molecule has 0 aromatic heterocycles. The Bertz CT molecular complexity index is 1810. The van der Waals surface area contributed by atoms with E-state index in [-0.39, 0.29) is 59.4 Å². The van der Waals surface area contributed by atoms with Gasteiger partial charge in [0.15, 0.2) is 0 Å². The van der Waals surface area contributed by atoms with Crippen molar-refractivity contribution < 1.29 is 69.5 Å². The number of aliphatic hydroxyl groups is 4. The van der Waals surface area contributed by atoms with Crippen molar-refractivity contribution in [3.05, 3.63) is 58.2 Å². The number of carbonyl (C=O) groups excluding carboxylic acids is 4. The first kappa shape index (κ1) is 61.1. The summed E-state index contributed by atoms with van der Waals surface area (Å²) in [6.07, 6.45) is 30.5. The number of phenols is 4. The Morgan fingerprint density at radius 3 is 1.21 bits per heavy atom. The van der Waals surface area contributed by atoms with Gasteiger partial charge in [-0.25, -0.2) is 0 Å². The number of aromatic hydroxyl groups is 4. The third-order valence-electron chi connectivity index (χ3n) is 11.7. The fourth-order valence-corrected chi connectivity index (χ4v) is 7.91. The van der Waals surface area contributed by atoms with E-state index < -0.39 is 70.9 Å². The first-order chi connectivity index (χ1) is 32.4. The molecular weight excluding hydrogens is 873 g/mol. The van der Waals surface area contributed by atoms with Crippen molar-refractivity contribution in [1.82, 2.24) is 0 Å². The van der Waals surface area contributed by atoms with E-state index in [1.165, 1.54) is 111 Å². The number of allylic oxidation sites excluding steroid dienone is 1. The molecule has 0 saturated heterocycles. The Balaban J connectivity index is 0.000000510. The quantitative estimate of drug-likeness (QED) is 0.00984. The van der Waals surface area contributed by atoms with Crippen LogP contribution in [0.1, 0.15) is 211 Å². The van der Waals surface area contributed by atoms with Gasteiger partial charge < -0.3 is 50.3 Å². The summed E-state index contributed by atoms with van der Waals surface area (Å²) in [5, 5.41) is 78.9. The number of unbranched alkanes of at least 4 members (excludes halogenated alkanes) is 18. The van der Waals surface area contributed by atoms with Crippen molar-refractivity contribution in [3.8, 4) is 35.3 Å². The van der Waals surface area contributed by atoms with Gasteiger partial charge in [-0.15, -0.1) is 18.9 Å². The molecule has 0 amide bonds. The molecule has 4 unspecified atom stereocenters. The molecule has 2 aromatic carbocycles. The third kappa shape index (κ3) is 24.4. The number of benzene rings is 2. The summed E-state index contributed by atoms with van der Waals surface area (Å²) >= 11 is 0. The average Bonchev–Trinajstić information content (AvgIpc) is 3.28. The number of phenolic OH excluding ortho intramolecular Hbond substituents is 4. The van der Waals surface area contributed by atoms with E-state index in [0.717, 1.165) is 57.1 Å². The molecular formula is C54H82O14. The van der Waals surface area contributed by atoms with E-state index in [1.807, 2.05) is 6.08 Å². The fourth-order valence-electron chi connectivity index (χ4n) is 7.91. The predicted octanol–water partition coefficient (Wildman–Crippen LogP) is 9.63. The smallest absolute Gasteiger partial charge is 0.302 e. The summed E-state index contributed by atoms with van der Waals surface area (Å²) in [6.45, 7) is 9.22. The van der Waals surface area contributed by atoms with Gasteiger partial charge in [0.1, 0.15) is 36.2 Å². The summed E-state index contributed by atoms with van der Waals surface area (Å²) in [4.78, 5) is 46.4. The van der Waals surface area contributed by atoms with Crippen LogP contribution in [0.2, 0.25) is 0 Å². The lowest BCUT2D eigenvalue weighted by atomic mass is 9.80. The Morgan fingerprint density at radius 2 is 0.882 bits per heavy atom. The second-order valence-electron chi connectivity index (χ2n) is 17.9. The van der Waals surface area contributed by atoms with Gasteiger partial charge in [-0.2, -0.15) is 0 Å². The second-order valence-corrected chi connectivity index (χ2v) is 17.9. The first-order valence-corrected chi connectivity index (χ1v) is 24.6. The fraction of sp³-hybridized carbons (Fsp3) is 0.630. The topological polar surface area (TPSA) is 249 Å². The highest BCUT2D eigenvalue weighted by atomic mass is 16.5. The number of terminal acetylenes is 1. The van der Waals surface area contributed by atoms with Crippen LogP contribution in [0.15, 0.2) is 24.8 Å². The van der Waals surface area contributed by atoms with E-state index in [9.17, 15) is 60.0 Å². The number of rotatable bonds is 31. The van der Waals surface area contributed by atoms with Crippen molar-refractivity contribution in [2.75, 3.05) is 13.2 Å². The monoisotopic (exact) mass is 955 g/mol. The number of carbonyl (C=O) groups is 4. The van der Waals surface area contributed by atoms with Crippen molar-refractivity contribution in [3.63, 3.8) is 0 Å². The summed E-state index contributed by atoms with van der Waals surface area (Å²) in [5.41, 5.74) is -1.04. The highest BCUT2D eigenvalue weighted by Crippen LogP contribution is 2.45. The molecule has 0 aliphatic heterocycles. The lowest BCUT2D eigenvalue weighted by molar-refractivity contribution is -0.145. The Kier molecular flexibility index (Phi) is 31.6. The van der Waals surface area contributed by atoms with Gasteiger partial charge in [0, 0.05) is 33.1 Å². The minimum absolute atomic E-state index is 0.0286. The number of ketones is 2. The van der Waals surface area contributed by atoms with Crippen LogP contribution in [0.4, 0.5) is 0 Å². The molecule has 3 rings (SSSR count). The summed E-state index contributed by atoms with van der Waals surface area (Å²) in [5.74, 6) is -1.59. The number of fused-ring (bicyclic) bond motifs is 2. The minimum Gasteiger partial charge on any atom is -0.507 e. The van der Waals surface area contributed by atoms with Gasteiger partial charge in [-0.05, 0) is 69.2 Å². The van der Waals surface area contributed by atoms with E-state index in [0.29, 0.717) is 12.8 Å². The van der Waals surface area contributed by atoms with Crippen molar-refractivity contribution in [2.24, 2.45) is 0 Å². The van der Waals surface area contributed by atoms with Crippen LogP contribution in [0.3, 0.4) is 0 Å². The number of aliphatic hydroxyl groups excluding tert-OH is 4. The Morgan fingerprint density at radius 1 is 0.559 bits per heavy atom. The standard InChI is InChI=1S/C19H36O4.C19H34O4.C16H12O6/c2*1-3-4-5-6-7-8-9-10-11-12-13-14-18(21)15-19(22)16-23-17(2)20;1-5-3-7(17)9-11(13(5)19)15(21)10-8(18)4-6(2)14(20)12(10)16(9)22/h3,18-19,21-22H,1,4-16H2,2H3;1,18-19,21-22H,4-16H2,2H3;3-4,17-20H,1-2H3. The number of hydrogen-bond acceptors (Lipinski definition) is 14. The van der Waals surface area contributed by atoms with Gasteiger partial charge in [0.2, 0.25) is 11.6 Å². The molecule has 2 aromatic rings. The van der Waals surface area contributed by atoms with Gasteiger partial charge in [0.05, 0.1) is 46.7 Å². The normalized spacial score (nSPS) is 13.3. The van der Waals surface area contributed by atoms with E-state index in [4.69, 9.17) is 15.9 Å². The predicted molar refractivity (Wildman–Crippen MR) is 263 cm³/mol. The van der Waals surface area contributed by atoms with Crippen LogP contribution < -0.4 is 0 Å². The van der Waals surface area contributed by atoms with Gasteiger partial charge in [0.25, 0.3) is 0 Å². The van der Waals surface area contributed by atoms with Crippen LogP contribution in [0.25, 0.3) is 0 Å². The number of hydrogen-bond donors (Lipinski definition) is 8. The zero-order valence-electron chi connectivity index (χ0n) is 41.2. The zero-order valence-corrected chi connectivity index (χ0v) is 41.2. The minimum atomic E-state index is -0.825. The van der Waals surface area contributed by atoms with Crippen molar-refractivity contribution >= 4 is 23.5 Å². The van der Waals surface area contributed by atoms with E-state index in [2.05, 4.69) is 12.5 Å². The maximum atomic E-state index is 12.6. The number of ether oxygens (including phenoxy) is 2. The van der Waals surface area contributed by atoms with Crippen LogP contribution >= 0.6 is 0 Å². The first-order valence-electron chi connectivity index (χ1n) is 24.6. The maximum absolute atomic E-state index is 12.6. The van der Waals surface area contributed by atoms with Crippen molar-refractivity contribution in [2.45, 2.75) is 206 Å². The third-order valence-corrected chi connectivity index (χ3v) is 11.7. The Hall–Kier alpha value is -4.94. The summed E-state index contributed by atoms with van der Waals surface area (Å²) in [6, 6.07) is 2.33. The SMILES string of the molecule is C#CCCCCCCCCCCCC(O)CC(O)COC(C)=O.C=CCCCCCCCCCCCC(O)CC(O)COC(C)=O.Cc1cc(O)c2c(c1O)C(=O)c1c(O)cc(C)c(O)c1C2=O. The molecule has 0 fully saturated rings. The summed E-state index contributed by atoms with van der Waals surface area (Å²) in [7, 11) is 0. The van der Waals surface area contributed by atoms with Crippen LogP contribution in [0.5, 0.6) is 23.0 Å². The molecule has 14 nitrogen and oxygen atoms in total. The second kappa shape index (κ2) is 35.2. The van der Waals surface area contributed by atoms with Gasteiger partial charge in [-0.1, -0.05) is 109 Å². The molecule has 0 saturated carbocycles. The number of esters is 2. The van der Waals surface area contributed by atoms with Crippen LogP contribution in [-0.4, -0.2) is 102 Å². The maximum Gasteiger partial charge on any atom is 0.302 e. The molecule has 68 heavy (non-hydrogen) atoms. The molecule has 0 spiro atoms. The molecule has 4 atom stereocenters. The summed E-state index contributed by atoms with van der Waals surface area (Å²) < 4.78 is 9.42. The lowest BCUT2D eigenvalue weighted by Gasteiger charge is -2.22. The van der Waals surface area contributed by atoms with E-state index in [1.54, 1.807) is 0 Å². The molecule has 1 aliphatic carbocycles. The van der Waals surface area contributed by atoms with Crippen LogP contribution in [0, 0.1) is 26.2 Å². The van der Waals surface area contributed by atoms with Gasteiger partial charge in [-0.3, -0.25) is 19.2 Å². The molecule has 0 bridgehead atoms. The molecule has 382 valence electrons. The molecule has 14 heteroatoms. The lowest BCUT2D eigenvalue weighted by Crippen LogP contribution is -2.23. The van der Waals surface area contributed by atoms with E-state index >= 15 is 0 Å². The van der Waals surface area contributed by atoms with Gasteiger partial charge >= 0.3 is 11.9 Å². The number of aryl methyl sites for hydroxylation is 2. The molecule has 0 heterocycles. The molecule has 0 radical (unpaired) electrons. The highest BCUT2D eigenvalue weighted by molar-refractivity contribution is 6.32. The average molecular weight is 955 g/mol. The largest absolute Gasteiger partial charge is 0.507 e. The Labute approximate surface area is 404 Å². The van der Waals surface area contributed by atoms with Crippen molar-refractivity contribution in [1.29, 1.82) is 0 Å². The molecule has 8 N–H and O–H groups in total. The highest BCUT2D eigenvalue weighted by Gasteiger charge is 2.39. The van der Waals surface area contributed by atoms with Crippen LogP contribution in [-0.2, 0) is 19.1 Å². The molecule has 1 aliphatic rings. The zero-order chi connectivity index (χ0) is 51.0.